The molecule has 0 aliphatic carbocycles. The number of nitrogens with one attached hydrogen (secondary N) is 1. The van der Waals surface area contributed by atoms with Gasteiger partial charge in [0, 0.05) is 55.3 Å². The summed E-state index contributed by atoms with van der Waals surface area (Å²) in [5, 5.41) is 3.88. The number of hydrogen-bond donors (Lipinski definition) is 1. The van der Waals surface area contributed by atoms with Gasteiger partial charge in [-0.15, -0.1) is 0 Å². The number of amides is 1. The van der Waals surface area contributed by atoms with E-state index in [1.165, 1.54) is 12.1 Å². The zero-order valence-electron chi connectivity index (χ0n) is 17.4. The van der Waals surface area contributed by atoms with Crippen LogP contribution in [0.15, 0.2) is 83.5 Å². The van der Waals surface area contributed by atoms with Gasteiger partial charge < -0.3 is 14.6 Å². The number of carbonyl (C=O) groups excluding carboxylic acids is 1. The first kappa shape index (κ1) is 20.2. The second-order valence-corrected chi connectivity index (χ2v) is 7.81. The first-order valence-corrected chi connectivity index (χ1v) is 10.6. The third kappa shape index (κ3) is 4.20. The largest absolute Gasteiger partial charge is 0.459 e. The number of furan rings is 1. The van der Waals surface area contributed by atoms with Crippen LogP contribution in [-0.2, 0) is 4.79 Å². The molecule has 1 atom stereocenters. The van der Waals surface area contributed by atoms with Crippen molar-refractivity contribution in [3.8, 4) is 0 Å². The van der Waals surface area contributed by atoms with Crippen molar-refractivity contribution in [2.24, 2.45) is 0 Å². The molecule has 32 heavy (non-hydrogen) atoms. The second-order valence-electron chi connectivity index (χ2n) is 7.81. The molecule has 2 aromatic heterocycles. The third-order valence-electron chi connectivity index (χ3n) is 5.78. The molecule has 1 aliphatic rings. The number of aromatic nitrogens is 1. The number of halogens is 1. The maximum absolute atomic E-state index is 13.4. The highest BCUT2D eigenvalue weighted by Crippen LogP contribution is 2.30. The molecule has 1 saturated heterocycles. The molecule has 5 rings (SSSR count). The molecule has 0 radical (unpaired) electrons. The number of benzene rings is 2. The molecule has 6 nitrogen and oxygen atoms in total. The minimum Gasteiger partial charge on any atom is -0.459 e. The number of carbonyl (C=O) groups is 1. The van der Waals surface area contributed by atoms with Crippen LogP contribution in [-0.4, -0.2) is 42.0 Å². The molecule has 162 valence electrons. The zero-order chi connectivity index (χ0) is 21.9. The molecular weight excluding hydrogens is 407 g/mol. The zero-order valence-corrected chi connectivity index (χ0v) is 17.4. The molecule has 3 heterocycles. The number of fused-ring (bicyclic) bond motifs is 1. The summed E-state index contributed by atoms with van der Waals surface area (Å²) in [7, 11) is 0. The Balaban J connectivity index is 1.40. The highest BCUT2D eigenvalue weighted by molar-refractivity contribution is 5.96. The molecule has 1 N–H and O–H groups in total. The first-order valence-electron chi connectivity index (χ1n) is 10.6. The van der Waals surface area contributed by atoms with Crippen LogP contribution in [0, 0.1) is 5.82 Å². The average molecular weight is 430 g/mol. The number of nitrogens with zero attached hydrogens (tertiary/aromatic N) is 3. The van der Waals surface area contributed by atoms with Crippen molar-refractivity contribution in [1.82, 2.24) is 9.88 Å². The number of pyridine rings is 1. The molecule has 1 amide bonds. The Bertz CT molecular complexity index is 1170. The highest BCUT2D eigenvalue weighted by atomic mass is 19.1. The highest BCUT2D eigenvalue weighted by Gasteiger charge is 2.33. The van der Waals surface area contributed by atoms with Crippen LogP contribution in [0.3, 0.4) is 0 Å². The number of para-hydroxylation sites is 1. The maximum atomic E-state index is 13.4. The fourth-order valence-electron chi connectivity index (χ4n) is 4.15. The van der Waals surface area contributed by atoms with Crippen molar-refractivity contribution in [2.75, 3.05) is 36.4 Å². The molecule has 1 aliphatic heterocycles. The Morgan fingerprint density at radius 3 is 2.41 bits per heavy atom. The molecule has 1 fully saturated rings. The summed E-state index contributed by atoms with van der Waals surface area (Å²) in [6, 6.07) is 18.8. The normalized spacial score (nSPS) is 15.6. The molecule has 4 aromatic rings. The minimum atomic E-state index is -0.591. The minimum absolute atomic E-state index is 0.201. The van der Waals surface area contributed by atoms with Crippen LogP contribution in [0.2, 0.25) is 0 Å². The number of piperazine rings is 1. The Hall–Kier alpha value is -3.71. The molecule has 2 aromatic carbocycles. The summed E-state index contributed by atoms with van der Waals surface area (Å²) < 4.78 is 19.4. The van der Waals surface area contributed by atoms with Crippen LogP contribution in [0.5, 0.6) is 0 Å². The van der Waals surface area contributed by atoms with E-state index in [4.69, 9.17) is 4.42 Å². The van der Waals surface area contributed by atoms with Crippen molar-refractivity contribution in [1.29, 1.82) is 0 Å². The van der Waals surface area contributed by atoms with Gasteiger partial charge in [0.2, 0.25) is 5.91 Å². The second kappa shape index (κ2) is 8.80. The summed E-state index contributed by atoms with van der Waals surface area (Å²) in [4.78, 5) is 21.9. The van der Waals surface area contributed by atoms with E-state index in [9.17, 15) is 9.18 Å². The van der Waals surface area contributed by atoms with E-state index in [2.05, 4.69) is 20.1 Å². The van der Waals surface area contributed by atoms with Crippen molar-refractivity contribution in [2.45, 2.75) is 6.04 Å². The SMILES string of the molecule is O=C(Nc1ccc(F)cc1)C(c1cc2ccccc2o1)N1CCN(c2ccncc2)CC1. The third-order valence-corrected chi connectivity index (χ3v) is 5.78. The van der Waals surface area contributed by atoms with Crippen molar-refractivity contribution < 1.29 is 13.6 Å². The van der Waals surface area contributed by atoms with Gasteiger partial charge in [0.25, 0.3) is 0 Å². The molecule has 0 spiro atoms. The van der Waals surface area contributed by atoms with Crippen LogP contribution in [0.25, 0.3) is 11.0 Å². The van der Waals surface area contributed by atoms with Crippen molar-refractivity contribution >= 4 is 28.3 Å². The average Bonchev–Trinajstić information content (AvgIpc) is 3.25. The number of hydrogen-bond acceptors (Lipinski definition) is 5. The van der Waals surface area contributed by atoms with Gasteiger partial charge in [-0.1, -0.05) is 18.2 Å². The predicted octanol–water partition coefficient (Wildman–Crippen LogP) is 4.47. The van der Waals surface area contributed by atoms with E-state index in [0.717, 1.165) is 29.7 Å². The van der Waals surface area contributed by atoms with Gasteiger partial charge in [0.1, 0.15) is 23.2 Å². The van der Waals surface area contributed by atoms with Gasteiger partial charge >= 0.3 is 0 Å². The van der Waals surface area contributed by atoms with Gasteiger partial charge in [-0.3, -0.25) is 14.7 Å². The van der Waals surface area contributed by atoms with Crippen LogP contribution in [0.4, 0.5) is 15.8 Å². The fourth-order valence-corrected chi connectivity index (χ4v) is 4.15. The lowest BCUT2D eigenvalue weighted by Gasteiger charge is -2.38. The molecule has 7 heteroatoms. The van der Waals surface area contributed by atoms with Crippen molar-refractivity contribution in [3.63, 3.8) is 0 Å². The standard InChI is InChI=1S/C25H23FN4O2/c26-19-5-7-20(8-6-19)28-25(31)24(23-17-18-3-1-2-4-22(18)32-23)30-15-13-29(14-16-30)21-9-11-27-12-10-21/h1-12,17,24H,13-16H2,(H,28,31). The van der Waals surface area contributed by atoms with E-state index in [0.29, 0.717) is 24.5 Å². The van der Waals surface area contributed by atoms with Gasteiger partial charge in [0.15, 0.2) is 0 Å². The molecular formula is C25H23FN4O2. The summed E-state index contributed by atoms with van der Waals surface area (Å²) in [5.41, 5.74) is 2.42. The Kier molecular flexibility index (Phi) is 5.56. The van der Waals surface area contributed by atoms with E-state index in [1.54, 1.807) is 24.5 Å². The topological polar surface area (TPSA) is 61.6 Å². The summed E-state index contributed by atoms with van der Waals surface area (Å²) in [5.74, 6) is 0.0558. The molecule has 0 saturated carbocycles. The van der Waals surface area contributed by atoms with E-state index >= 15 is 0 Å². The Labute approximate surface area is 185 Å². The lowest BCUT2D eigenvalue weighted by atomic mass is 10.1. The molecule has 1 unspecified atom stereocenters. The monoisotopic (exact) mass is 430 g/mol. The number of anilines is 2. The summed E-state index contributed by atoms with van der Waals surface area (Å²) in [6.07, 6.45) is 3.57. The fraction of sp³-hybridized carbons (Fsp3) is 0.200. The van der Waals surface area contributed by atoms with Gasteiger partial charge in [-0.05, 0) is 48.5 Å². The number of rotatable bonds is 5. The van der Waals surface area contributed by atoms with Crippen molar-refractivity contribution in [3.05, 3.63) is 90.7 Å². The van der Waals surface area contributed by atoms with E-state index in [-0.39, 0.29) is 11.7 Å². The smallest absolute Gasteiger partial charge is 0.249 e. The van der Waals surface area contributed by atoms with E-state index < -0.39 is 6.04 Å². The predicted molar refractivity (Wildman–Crippen MR) is 122 cm³/mol. The van der Waals surface area contributed by atoms with Crippen LogP contribution < -0.4 is 10.2 Å². The maximum Gasteiger partial charge on any atom is 0.249 e. The summed E-state index contributed by atoms with van der Waals surface area (Å²) >= 11 is 0. The molecule has 0 bridgehead atoms. The van der Waals surface area contributed by atoms with Crippen LogP contribution >= 0.6 is 0 Å². The lowest BCUT2D eigenvalue weighted by molar-refractivity contribution is -0.122. The Morgan fingerprint density at radius 1 is 0.969 bits per heavy atom. The quantitative estimate of drug-likeness (QED) is 0.506. The Morgan fingerprint density at radius 2 is 1.69 bits per heavy atom. The van der Waals surface area contributed by atoms with Gasteiger partial charge in [-0.2, -0.15) is 0 Å². The first-order chi connectivity index (χ1) is 15.7. The van der Waals surface area contributed by atoms with Gasteiger partial charge in [-0.25, -0.2) is 4.39 Å². The van der Waals surface area contributed by atoms with E-state index in [1.807, 2.05) is 42.5 Å². The summed E-state index contributed by atoms with van der Waals surface area (Å²) in [6.45, 7) is 2.96. The van der Waals surface area contributed by atoms with Gasteiger partial charge in [0.05, 0.1) is 0 Å². The lowest BCUT2D eigenvalue weighted by Crippen LogP contribution is -2.50. The van der Waals surface area contributed by atoms with Crippen LogP contribution in [0.1, 0.15) is 11.8 Å².